The summed E-state index contributed by atoms with van der Waals surface area (Å²) in [6.45, 7) is 0. The normalized spacial score (nSPS) is 11.4. The van der Waals surface area contributed by atoms with E-state index < -0.39 is 0 Å². The topological polar surface area (TPSA) is 64.7 Å². The van der Waals surface area contributed by atoms with Crippen LogP contribution in [-0.4, -0.2) is 19.9 Å². The lowest BCUT2D eigenvalue weighted by Gasteiger charge is -2.14. The zero-order valence-corrected chi connectivity index (χ0v) is 25.2. The molecule has 0 N–H and O–H groups in total. The molecule has 3 heterocycles. The molecule has 5 nitrogen and oxygen atoms in total. The van der Waals surface area contributed by atoms with E-state index in [1.807, 2.05) is 91.3 Å². The molecule has 47 heavy (non-hydrogen) atoms. The molecule has 5 heteroatoms. The van der Waals surface area contributed by atoms with Crippen molar-refractivity contribution in [2.75, 3.05) is 0 Å². The highest BCUT2D eigenvalue weighted by molar-refractivity contribution is 6.13. The van der Waals surface area contributed by atoms with Gasteiger partial charge in [0.15, 0.2) is 17.5 Å². The molecule has 0 amide bonds. The molecule has 0 saturated heterocycles. The number of hydrogen-bond donors (Lipinski definition) is 0. The lowest BCUT2D eigenvalue weighted by atomic mass is 9.91. The molecule has 0 aliphatic heterocycles. The van der Waals surface area contributed by atoms with Crippen LogP contribution >= 0.6 is 0 Å². The molecule has 0 aliphatic rings. The van der Waals surface area contributed by atoms with Crippen LogP contribution in [0.4, 0.5) is 0 Å². The monoisotopic (exact) mass is 602 g/mol. The van der Waals surface area contributed by atoms with Gasteiger partial charge in [0.05, 0.1) is 5.56 Å². The van der Waals surface area contributed by atoms with E-state index in [2.05, 4.69) is 71.7 Å². The molecule has 0 fully saturated rings. The number of fused-ring (bicyclic) bond motifs is 4. The number of benzene rings is 6. The van der Waals surface area contributed by atoms with Crippen LogP contribution in [0.3, 0.4) is 0 Å². The molecular formula is C42H26N4O. The summed E-state index contributed by atoms with van der Waals surface area (Å²) in [5, 5.41) is 4.39. The molecule has 6 aromatic carbocycles. The minimum Gasteiger partial charge on any atom is -0.455 e. The first-order valence-corrected chi connectivity index (χ1v) is 15.6. The second-order valence-corrected chi connectivity index (χ2v) is 11.5. The third kappa shape index (κ3) is 4.73. The van der Waals surface area contributed by atoms with Crippen LogP contribution in [0.1, 0.15) is 0 Å². The number of rotatable bonds is 5. The van der Waals surface area contributed by atoms with Crippen molar-refractivity contribution in [2.45, 2.75) is 0 Å². The van der Waals surface area contributed by atoms with Gasteiger partial charge in [0.2, 0.25) is 0 Å². The Balaban J connectivity index is 1.34. The predicted molar refractivity (Wildman–Crippen MR) is 190 cm³/mol. The van der Waals surface area contributed by atoms with Crippen LogP contribution in [0.25, 0.3) is 89.1 Å². The van der Waals surface area contributed by atoms with Crippen molar-refractivity contribution in [3.05, 3.63) is 158 Å². The lowest BCUT2D eigenvalue weighted by molar-refractivity contribution is 0.669. The molecule has 0 radical (unpaired) electrons. The van der Waals surface area contributed by atoms with Gasteiger partial charge in [-0.25, -0.2) is 15.0 Å². The van der Waals surface area contributed by atoms with E-state index in [0.29, 0.717) is 17.5 Å². The Labute approximate surface area is 270 Å². The summed E-state index contributed by atoms with van der Waals surface area (Å²) in [7, 11) is 0. The van der Waals surface area contributed by atoms with Gasteiger partial charge in [-0.3, -0.25) is 4.98 Å². The summed E-state index contributed by atoms with van der Waals surface area (Å²) in [5.41, 5.74) is 8.69. The molecular weight excluding hydrogens is 576 g/mol. The second kappa shape index (κ2) is 11.2. The quantitative estimate of drug-likeness (QED) is 0.196. The Morgan fingerprint density at radius 1 is 0.362 bits per heavy atom. The first-order valence-electron chi connectivity index (χ1n) is 15.6. The zero-order valence-electron chi connectivity index (χ0n) is 25.2. The van der Waals surface area contributed by atoms with Crippen LogP contribution in [-0.2, 0) is 0 Å². The zero-order chi connectivity index (χ0) is 31.2. The first-order chi connectivity index (χ1) is 23.3. The maximum Gasteiger partial charge on any atom is 0.167 e. The third-order valence-corrected chi connectivity index (χ3v) is 8.64. The van der Waals surface area contributed by atoms with Crippen LogP contribution in [0, 0.1) is 0 Å². The highest BCUT2D eigenvalue weighted by Gasteiger charge is 2.20. The average molecular weight is 603 g/mol. The minimum atomic E-state index is 0.557. The van der Waals surface area contributed by atoms with E-state index in [1.54, 1.807) is 0 Å². The average Bonchev–Trinajstić information content (AvgIpc) is 3.53. The van der Waals surface area contributed by atoms with Crippen LogP contribution < -0.4 is 0 Å². The molecule has 0 aliphatic carbocycles. The van der Waals surface area contributed by atoms with E-state index in [-0.39, 0.29) is 0 Å². The standard InChI is InChI=1S/C42H26N4O/c1-3-11-28(12-4-1)40-44-41(29-13-5-2-6-14-29)46-42(45-40)37-26-30(25-36-35-17-9-10-18-38(35)47-39(36)37)32-20-19-31(27-21-23-43-24-22-27)33-15-7-8-16-34(32)33/h1-26H. The van der Waals surface area contributed by atoms with E-state index >= 15 is 0 Å². The fourth-order valence-corrected chi connectivity index (χ4v) is 6.41. The lowest BCUT2D eigenvalue weighted by Crippen LogP contribution is -2.00. The Kier molecular flexibility index (Phi) is 6.39. The Hall–Kier alpha value is -6.46. The summed E-state index contributed by atoms with van der Waals surface area (Å²) < 4.78 is 6.58. The number of para-hydroxylation sites is 1. The maximum atomic E-state index is 6.58. The molecule has 0 atom stereocenters. The fourth-order valence-electron chi connectivity index (χ4n) is 6.41. The third-order valence-electron chi connectivity index (χ3n) is 8.64. The number of nitrogens with zero attached hydrogens (tertiary/aromatic N) is 4. The van der Waals surface area contributed by atoms with E-state index in [9.17, 15) is 0 Å². The number of furan rings is 1. The Morgan fingerprint density at radius 2 is 0.894 bits per heavy atom. The van der Waals surface area contributed by atoms with Crippen molar-refractivity contribution in [3.63, 3.8) is 0 Å². The fraction of sp³-hybridized carbons (Fsp3) is 0. The highest BCUT2D eigenvalue weighted by atomic mass is 16.3. The number of hydrogen-bond acceptors (Lipinski definition) is 5. The van der Waals surface area contributed by atoms with Crippen molar-refractivity contribution >= 4 is 32.7 Å². The summed E-state index contributed by atoms with van der Waals surface area (Å²) in [4.78, 5) is 19.3. The maximum absolute atomic E-state index is 6.58. The molecule has 0 saturated carbocycles. The molecule has 3 aromatic heterocycles. The van der Waals surface area contributed by atoms with Crippen LogP contribution in [0.5, 0.6) is 0 Å². The van der Waals surface area contributed by atoms with Crippen molar-refractivity contribution in [1.82, 2.24) is 19.9 Å². The summed E-state index contributed by atoms with van der Waals surface area (Å²) in [5.74, 6) is 1.77. The summed E-state index contributed by atoms with van der Waals surface area (Å²) >= 11 is 0. The van der Waals surface area contributed by atoms with Crippen molar-refractivity contribution < 1.29 is 4.42 Å². The molecule has 9 rings (SSSR count). The van der Waals surface area contributed by atoms with E-state index in [0.717, 1.165) is 60.7 Å². The minimum absolute atomic E-state index is 0.557. The van der Waals surface area contributed by atoms with Crippen molar-refractivity contribution in [2.24, 2.45) is 0 Å². The van der Waals surface area contributed by atoms with Crippen molar-refractivity contribution in [1.29, 1.82) is 0 Å². The van der Waals surface area contributed by atoms with Gasteiger partial charge in [-0.1, -0.05) is 115 Å². The van der Waals surface area contributed by atoms with Crippen molar-refractivity contribution in [3.8, 4) is 56.4 Å². The Morgan fingerprint density at radius 3 is 1.53 bits per heavy atom. The smallest absolute Gasteiger partial charge is 0.167 e. The van der Waals surface area contributed by atoms with Gasteiger partial charge in [0.1, 0.15) is 11.2 Å². The summed E-state index contributed by atoms with van der Waals surface area (Å²) in [6, 6.07) is 49.7. The highest BCUT2D eigenvalue weighted by Crippen LogP contribution is 2.42. The molecule has 220 valence electrons. The summed E-state index contributed by atoms with van der Waals surface area (Å²) in [6.07, 6.45) is 3.68. The number of aromatic nitrogens is 4. The van der Waals surface area contributed by atoms with Crippen LogP contribution in [0.2, 0.25) is 0 Å². The van der Waals surface area contributed by atoms with Crippen LogP contribution in [0.15, 0.2) is 162 Å². The van der Waals surface area contributed by atoms with Gasteiger partial charge in [0.25, 0.3) is 0 Å². The van der Waals surface area contributed by atoms with Gasteiger partial charge in [-0.05, 0) is 63.4 Å². The van der Waals surface area contributed by atoms with E-state index in [1.165, 1.54) is 10.9 Å². The van der Waals surface area contributed by atoms with Gasteiger partial charge in [0, 0.05) is 34.3 Å². The predicted octanol–water partition coefficient (Wildman–Crippen LogP) is 10.7. The van der Waals surface area contributed by atoms with Gasteiger partial charge >= 0.3 is 0 Å². The van der Waals surface area contributed by atoms with Gasteiger partial charge in [-0.2, -0.15) is 0 Å². The largest absolute Gasteiger partial charge is 0.455 e. The SMILES string of the molecule is c1ccc(-c2nc(-c3ccccc3)nc(-c3cc(-c4ccc(-c5ccncc5)c5ccccc45)cc4c3oc3ccccc34)n2)cc1. The van der Waals surface area contributed by atoms with E-state index in [4.69, 9.17) is 19.4 Å². The first kappa shape index (κ1) is 26.9. The number of pyridine rings is 1. The van der Waals surface area contributed by atoms with Gasteiger partial charge in [-0.15, -0.1) is 0 Å². The molecule has 0 unspecified atom stereocenters. The molecule has 0 bridgehead atoms. The molecule has 9 aromatic rings. The second-order valence-electron chi connectivity index (χ2n) is 11.5. The molecule has 0 spiro atoms. The Bertz CT molecular complexity index is 2500. The van der Waals surface area contributed by atoms with Gasteiger partial charge < -0.3 is 4.42 Å².